The number of aryl methyl sites for hydroxylation is 1. The van der Waals surface area contributed by atoms with Crippen molar-refractivity contribution in [2.24, 2.45) is 0 Å². The third-order valence-electron chi connectivity index (χ3n) is 3.04. The monoisotopic (exact) mass is 203 g/mol. The van der Waals surface area contributed by atoms with Gasteiger partial charge >= 0.3 is 0 Å². The number of rotatable bonds is 0. The van der Waals surface area contributed by atoms with Gasteiger partial charge in [-0.15, -0.1) is 0 Å². The number of fused-ring (bicyclic) bond motifs is 2. The van der Waals surface area contributed by atoms with Gasteiger partial charge in [0.25, 0.3) is 5.56 Å². The number of hydrogen-bond donors (Lipinski definition) is 1. The van der Waals surface area contributed by atoms with Crippen LogP contribution in [0.2, 0.25) is 0 Å². The van der Waals surface area contributed by atoms with E-state index in [0.717, 1.165) is 37.3 Å². The van der Waals surface area contributed by atoms with Crippen molar-refractivity contribution in [3.8, 4) is 0 Å². The predicted molar refractivity (Wildman–Crippen MR) is 57.9 cm³/mol. The summed E-state index contributed by atoms with van der Waals surface area (Å²) in [5, 5.41) is 0.709. The summed E-state index contributed by atoms with van der Waals surface area (Å²) in [6.07, 6.45) is 6.11. The molecule has 1 aliphatic rings. The molecule has 0 aromatic carbocycles. The molecular weight excluding hydrogens is 190 g/mol. The maximum absolute atomic E-state index is 12.1. The summed E-state index contributed by atoms with van der Waals surface area (Å²) in [6, 6.07) is 1.81. The second-order valence-corrected chi connectivity index (χ2v) is 4.04. The van der Waals surface area contributed by atoms with Gasteiger partial charge in [-0.3, -0.25) is 9.36 Å². The van der Waals surface area contributed by atoms with Crippen LogP contribution in [-0.2, 0) is 13.0 Å². The molecule has 1 aliphatic heterocycles. The zero-order valence-electron chi connectivity index (χ0n) is 8.49. The summed E-state index contributed by atoms with van der Waals surface area (Å²) >= 11 is 0. The van der Waals surface area contributed by atoms with Gasteiger partial charge in [0.15, 0.2) is 0 Å². The van der Waals surface area contributed by atoms with Crippen molar-refractivity contribution in [3.05, 3.63) is 28.4 Å². The van der Waals surface area contributed by atoms with Crippen LogP contribution in [0.15, 0.2) is 17.1 Å². The molecule has 0 spiro atoms. The van der Waals surface area contributed by atoms with Gasteiger partial charge in [0.1, 0.15) is 11.5 Å². The van der Waals surface area contributed by atoms with Gasteiger partial charge in [-0.05, 0) is 18.9 Å². The number of nitrogens with one attached hydrogen (secondary N) is 1. The Morgan fingerprint density at radius 1 is 1.33 bits per heavy atom. The van der Waals surface area contributed by atoms with Crippen LogP contribution in [-0.4, -0.2) is 14.5 Å². The van der Waals surface area contributed by atoms with E-state index in [2.05, 4.69) is 9.97 Å². The van der Waals surface area contributed by atoms with E-state index in [4.69, 9.17) is 0 Å². The van der Waals surface area contributed by atoms with E-state index < -0.39 is 0 Å². The van der Waals surface area contributed by atoms with Crippen LogP contribution < -0.4 is 5.56 Å². The van der Waals surface area contributed by atoms with Gasteiger partial charge in [0, 0.05) is 19.2 Å². The molecule has 78 valence electrons. The molecule has 0 saturated heterocycles. The van der Waals surface area contributed by atoms with Crippen molar-refractivity contribution in [3.63, 3.8) is 0 Å². The smallest absolute Gasteiger partial charge is 0.263 e. The second kappa shape index (κ2) is 3.22. The molecule has 0 bridgehead atoms. The lowest BCUT2D eigenvalue weighted by Crippen LogP contribution is -2.24. The maximum Gasteiger partial charge on any atom is 0.263 e. The van der Waals surface area contributed by atoms with Crippen molar-refractivity contribution >= 4 is 11.0 Å². The highest BCUT2D eigenvalue weighted by Gasteiger charge is 2.13. The minimum Gasteiger partial charge on any atom is -0.346 e. The molecule has 0 atom stereocenters. The van der Waals surface area contributed by atoms with Crippen LogP contribution in [0.1, 0.15) is 25.1 Å². The molecule has 0 fully saturated rings. The number of hydrogen-bond acceptors (Lipinski definition) is 2. The highest BCUT2D eigenvalue weighted by Crippen LogP contribution is 2.13. The molecule has 1 N–H and O–H groups in total. The highest BCUT2D eigenvalue weighted by atomic mass is 16.1. The van der Waals surface area contributed by atoms with Crippen molar-refractivity contribution in [1.29, 1.82) is 0 Å². The first-order chi connectivity index (χ1) is 7.36. The lowest BCUT2D eigenvalue weighted by molar-refractivity contribution is 0.614. The Morgan fingerprint density at radius 2 is 2.27 bits per heavy atom. The SMILES string of the molecule is O=c1c2cc[nH]c2nc2n1CCCCC2. The first kappa shape index (κ1) is 8.71. The molecule has 3 heterocycles. The third kappa shape index (κ3) is 1.28. The topological polar surface area (TPSA) is 50.7 Å². The van der Waals surface area contributed by atoms with Crippen LogP contribution >= 0.6 is 0 Å². The predicted octanol–water partition coefficient (Wildman–Crippen LogP) is 1.45. The minimum atomic E-state index is 0.109. The fourth-order valence-corrected chi connectivity index (χ4v) is 2.23. The first-order valence-electron chi connectivity index (χ1n) is 5.43. The van der Waals surface area contributed by atoms with E-state index in [1.807, 2.05) is 10.6 Å². The fraction of sp³-hybridized carbons (Fsp3) is 0.455. The summed E-state index contributed by atoms with van der Waals surface area (Å²) in [5.74, 6) is 0.937. The first-order valence-corrected chi connectivity index (χ1v) is 5.43. The summed E-state index contributed by atoms with van der Waals surface area (Å²) in [6.45, 7) is 0.822. The maximum atomic E-state index is 12.1. The summed E-state index contributed by atoms with van der Waals surface area (Å²) in [5.41, 5.74) is 0.839. The quantitative estimate of drug-likeness (QED) is 0.704. The van der Waals surface area contributed by atoms with E-state index in [1.165, 1.54) is 6.42 Å². The van der Waals surface area contributed by atoms with Gasteiger partial charge in [-0.25, -0.2) is 4.98 Å². The molecule has 0 radical (unpaired) electrons. The van der Waals surface area contributed by atoms with E-state index in [-0.39, 0.29) is 5.56 Å². The molecule has 2 aromatic heterocycles. The van der Waals surface area contributed by atoms with Crippen LogP contribution in [0.5, 0.6) is 0 Å². The lowest BCUT2D eigenvalue weighted by atomic mass is 10.2. The van der Waals surface area contributed by atoms with Crippen molar-refractivity contribution in [1.82, 2.24) is 14.5 Å². The van der Waals surface area contributed by atoms with Crippen LogP contribution in [0.25, 0.3) is 11.0 Å². The average molecular weight is 203 g/mol. The molecule has 0 amide bonds. The largest absolute Gasteiger partial charge is 0.346 e. The van der Waals surface area contributed by atoms with Crippen LogP contribution in [0.4, 0.5) is 0 Å². The Labute approximate surface area is 87.0 Å². The molecule has 4 nitrogen and oxygen atoms in total. The molecule has 0 aliphatic carbocycles. The molecule has 4 heteroatoms. The van der Waals surface area contributed by atoms with Crippen molar-refractivity contribution in [2.45, 2.75) is 32.2 Å². The molecule has 0 saturated carbocycles. The summed E-state index contributed by atoms with van der Waals surface area (Å²) in [4.78, 5) is 19.6. The normalized spacial score (nSPS) is 16.3. The third-order valence-corrected chi connectivity index (χ3v) is 3.04. The molecule has 0 unspecified atom stereocenters. The van der Waals surface area contributed by atoms with Gasteiger partial charge in [0.05, 0.1) is 5.39 Å². The van der Waals surface area contributed by atoms with Crippen molar-refractivity contribution in [2.75, 3.05) is 0 Å². The number of nitrogens with zero attached hydrogens (tertiary/aromatic N) is 2. The Kier molecular flexibility index (Phi) is 1.87. The second-order valence-electron chi connectivity index (χ2n) is 4.04. The Balaban J connectivity index is 2.33. The molecular formula is C11H13N3O. The van der Waals surface area contributed by atoms with Gasteiger partial charge in [0.2, 0.25) is 0 Å². The van der Waals surface area contributed by atoms with Gasteiger partial charge in [-0.2, -0.15) is 0 Å². The van der Waals surface area contributed by atoms with E-state index in [1.54, 1.807) is 6.20 Å². The number of H-pyrrole nitrogens is 1. The van der Waals surface area contributed by atoms with Gasteiger partial charge in [-0.1, -0.05) is 6.42 Å². The molecule has 15 heavy (non-hydrogen) atoms. The molecule has 2 aromatic rings. The number of aromatic nitrogens is 3. The van der Waals surface area contributed by atoms with Gasteiger partial charge < -0.3 is 4.98 Å². The zero-order chi connectivity index (χ0) is 10.3. The Bertz CT molecular complexity index is 552. The lowest BCUT2D eigenvalue weighted by Gasteiger charge is -2.07. The highest BCUT2D eigenvalue weighted by molar-refractivity contribution is 5.74. The minimum absolute atomic E-state index is 0.109. The number of aromatic amines is 1. The Morgan fingerprint density at radius 3 is 3.20 bits per heavy atom. The zero-order valence-corrected chi connectivity index (χ0v) is 8.49. The average Bonchev–Trinajstić information content (AvgIpc) is 2.56. The van der Waals surface area contributed by atoms with E-state index in [9.17, 15) is 4.79 Å². The van der Waals surface area contributed by atoms with E-state index >= 15 is 0 Å². The standard InChI is InChI=1S/C11H13N3O/c15-11-8-5-6-12-10(8)13-9-4-2-1-3-7-14(9)11/h5-6,12H,1-4,7H2. The summed E-state index contributed by atoms with van der Waals surface area (Å²) < 4.78 is 1.84. The van der Waals surface area contributed by atoms with E-state index in [0.29, 0.717) is 5.39 Å². The molecule has 3 rings (SSSR count). The fourth-order valence-electron chi connectivity index (χ4n) is 2.23. The van der Waals surface area contributed by atoms with Crippen molar-refractivity contribution < 1.29 is 0 Å². The summed E-state index contributed by atoms with van der Waals surface area (Å²) in [7, 11) is 0. The Hall–Kier alpha value is -1.58. The van der Waals surface area contributed by atoms with Crippen LogP contribution in [0, 0.1) is 0 Å². The van der Waals surface area contributed by atoms with Crippen LogP contribution in [0.3, 0.4) is 0 Å².